The van der Waals surface area contributed by atoms with E-state index in [2.05, 4.69) is 0 Å². The summed E-state index contributed by atoms with van der Waals surface area (Å²) in [6, 6.07) is 5.13. The van der Waals surface area contributed by atoms with E-state index >= 15 is 0 Å². The number of nitrogen functional groups attached to an aromatic ring is 1. The largest absolute Gasteiger partial charge is 0.399 e. The molecule has 1 saturated heterocycles. The third kappa shape index (κ3) is 2.77. The molecule has 0 amide bonds. The van der Waals surface area contributed by atoms with Gasteiger partial charge in [-0.25, -0.2) is 8.42 Å². The first-order valence-electron chi connectivity index (χ1n) is 6.73. The number of nitrogens with zero attached hydrogens (tertiary/aromatic N) is 1. The molecule has 1 aliphatic rings. The molecule has 2 rings (SSSR count). The number of anilines is 1. The zero-order valence-electron chi connectivity index (χ0n) is 11.8. The van der Waals surface area contributed by atoms with Crippen LogP contribution in [0.15, 0.2) is 23.1 Å². The van der Waals surface area contributed by atoms with Gasteiger partial charge in [-0.1, -0.05) is 6.42 Å². The van der Waals surface area contributed by atoms with Gasteiger partial charge in [-0.3, -0.25) is 0 Å². The van der Waals surface area contributed by atoms with Crippen molar-refractivity contribution in [1.82, 2.24) is 4.31 Å². The van der Waals surface area contributed by atoms with Gasteiger partial charge in [-0.2, -0.15) is 4.31 Å². The molecule has 0 bridgehead atoms. The zero-order valence-corrected chi connectivity index (χ0v) is 12.6. The van der Waals surface area contributed by atoms with Crippen LogP contribution < -0.4 is 5.73 Å². The van der Waals surface area contributed by atoms with Crippen molar-refractivity contribution in [3.05, 3.63) is 23.8 Å². The molecule has 2 atom stereocenters. The Morgan fingerprint density at radius 2 is 1.74 bits per heavy atom. The highest BCUT2D eigenvalue weighted by Crippen LogP contribution is 2.30. The average molecular weight is 282 g/mol. The molecule has 106 valence electrons. The smallest absolute Gasteiger partial charge is 0.243 e. The molecule has 1 aromatic carbocycles. The van der Waals surface area contributed by atoms with E-state index in [1.54, 1.807) is 22.5 Å². The normalized spacial score (nSPS) is 25.4. The minimum Gasteiger partial charge on any atom is -0.399 e. The lowest BCUT2D eigenvalue weighted by atomic mass is 10.0. The Labute approximate surface area is 115 Å². The van der Waals surface area contributed by atoms with E-state index in [0.29, 0.717) is 10.6 Å². The topological polar surface area (TPSA) is 63.4 Å². The van der Waals surface area contributed by atoms with E-state index in [0.717, 1.165) is 24.8 Å². The van der Waals surface area contributed by atoms with Gasteiger partial charge in [-0.05, 0) is 57.4 Å². The van der Waals surface area contributed by atoms with Crippen LogP contribution in [0.4, 0.5) is 5.69 Å². The molecule has 0 unspecified atom stereocenters. The van der Waals surface area contributed by atoms with Crippen molar-refractivity contribution in [2.45, 2.75) is 57.0 Å². The summed E-state index contributed by atoms with van der Waals surface area (Å²) in [4.78, 5) is 0.311. The first-order chi connectivity index (χ1) is 8.82. The van der Waals surface area contributed by atoms with Gasteiger partial charge in [0, 0.05) is 17.8 Å². The summed E-state index contributed by atoms with van der Waals surface area (Å²) in [5, 5.41) is 0. The van der Waals surface area contributed by atoms with Crippen molar-refractivity contribution in [3.8, 4) is 0 Å². The molecule has 0 spiro atoms. The SMILES string of the molecule is Cc1cc(N)cc(S(=O)(=O)N2[C@H](C)CCC[C@@H]2C)c1. The lowest BCUT2D eigenvalue weighted by Crippen LogP contribution is -2.47. The maximum absolute atomic E-state index is 12.8. The first-order valence-corrected chi connectivity index (χ1v) is 8.17. The van der Waals surface area contributed by atoms with E-state index in [1.165, 1.54) is 0 Å². The molecule has 0 aliphatic carbocycles. The lowest BCUT2D eigenvalue weighted by Gasteiger charge is -2.37. The highest BCUT2D eigenvalue weighted by Gasteiger charge is 2.35. The fraction of sp³-hybridized carbons (Fsp3) is 0.571. The summed E-state index contributed by atoms with van der Waals surface area (Å²) >= 11 is 0. The van der Waals surface area contributed by atoms with E-state index in [1.807, 2.05) is 20.8 Å². The summed E-state index contributed by atoms with van der Waals surface area (Å²) in [5.74, 6) is 0. The summed E-state index contributed by atoms with van der Waals surface area (Å²) in [6.07, 6.45) is 2.93. The Morgan fingerprint density at radius 1 is 1.16 bits per heavy atom. The number of rotatable bonds is 2. The van der Waals surface area contributed by atoms with Gasteiger partial charge in [0.2, 0.25) is 10.0 Å². The number of hydrogen-bond donors (Lipinski definition) is 1. The molecule has 0 saturated carbocycles. The van der Waals surface area contributed by atoms with Gasteiger partial charge < -0.3 is 5.73 Å². The van der Waals surface area contributed by atoms with Gasteiger partial charge in [0.25, 0.3) is 0 Å². The predicted octanol–water partition coefficient (Wildman–Crippen LogP) is 2.53. The van der Waals surface area contributed by atoms with Crippen molar-refractivity contribution in [3.63, 3.8) is 0 Å². The van der Waals surface area contributed by atoms with E-state index < -0.39 is 10.0 Å². The summed E-state index contributed by atoms with van der Waals surface area (Å²) in [7, 11) is -3.45. The number of sulfonamides is 1. The van der Waals surface area contributed by atoms with Gasteiger partial charge in [0.05, 0.1) is 4.90 Å². The fourth-order valence-electron chi connectivity index (χ4n) is 2.92. The molecule has 1 aliphatic heterocycles. The highest BCUT2D eigenvalue weighted by molar-refractivity contribution is 7.89. The average Bonchev–Trinajstić information content (AvgIpc) is 2.26. The Balaban J connectivity index is 2.46. The lowest BCUT2D eigenvalue weighted by molar-refractivity contribution is 0.204. The Bertz CT molecular complexity index is 539. The maximum atomic E-state index is 12.8. The van der Waals surface area contributed by atoms with Crippen molar-refractivity contribution < 1.29 is 8.42 Å². The second-order valence-electron chi connectivity index (χ2n) is 5.54. The Kier molecular flexibility index (Phi) is 3.87. The van der Waals surface area contributed by atoms with E-state index in [-0.39, 0.29) is 12.1 Å². The second kappa shape index (κ2) is 5.13. The van der Waals surface area contributed by atoms with Crippen LogP contribution >= 0.6 is 0 Å². The quantitative estimate of drug-likeness (QED) is 0.848. The van der Waals surface area contributed by atoms with Crippen LogP contribution in [0, 0.1) is 6.92 Å². The molecular formula is C14H22N2O2S. The predicted molar refractivity (Wildman–Crippen MR) is 77.4 cm³/mol. The van der Waals surface area contributed by atoms with Gasteiger partial charge in [0.1, 0.15) is 0 Å². The molecule has 2 N–H and O–H groups in total. The summed E-state index contributed by atoms with van der Waals surface area (Å²) in [6.45, 7) is 5.82. The van der Waals surface area contributed by atoms with Crippen molar-refractivity contribution in [1.29, 1.82) is 0 Å². The first kappa shape index (κ1) is 14.3. The summed E-state index contributed by atoms with van der Waals surface area (Å²) in [5.41, 5.74) is 7.14. The Morgan fingerprint density at radius 3 is 2.26 bits per heavy atom. The van der Waals surface area contributed by atoms with Crippen LogP contribution in [0.25, 0.3) is 0 Å². The van der Waals surface area contributed by atoms with Gasteiger partial charge >= 0.3 is 0 Å². The van der Waals surface area contributed by atoms with Crippen molar-refractivity contribution in [2.75, 3.05) is 5.73 Å². The van der Waals surface area contributed by atoms with Crippen LogP contribution in [0.3, 0.4) is 0 Å². The minimum absolute atomic E-state index is 0.0514. The van der Waals surface area contributed by atoms with Crippen molar-refractivity contribution >= 4 is 15.7 Å². The standard InChI is InChI=1S/C14H22N2O2S/c1-10-7-13(15)9-14(8-10)19(17,18)16-11(2)5-4-6-12(16)3/h7-9,11-12H,4-6,15H2,1-3H3/t11-,12+. The zero-order chi connectivity index (χ0) is 14.2. The minimum atomic E-state index is -3.45. The number of hydrogen-bond acceptors (Lipinski definition) is 3. The number of aryl methyl sites for hydroxylation is 1. The molecular weight excluding hydrogens is 260 g/mol. The fourth-order valence-corrected chi connectivity index (χ4v) is 4.94. The number of piperidine rings is 1. The Hall–Kier alpha value is -1.07. The molecule has 1 heterocycles. The maximum Gasteiger partial charge on any atom is 0.243 e. The number of nitrogens with two attached hydrogens (primary N) is 1. The van der Waals surface area contributed by atoms with Crippen LogP contribution in [0.2, 0.25) is 0 Å². The molecule has 4 nitrogen and oxygen atoms in total. The van der Waals surface area contributed by atoms with Gasteiger partial charge in [-0.15, -0.1) is 0 Å². The highest BCUT2D eigenvalue weighted by atomic mass is 32.2. The third-order valence-electron chi connectivity index (χ3n) is 3.76. The molecule has 5 heteroatoms. The molecule has 0 aromatic heterocycles. The van der Waals surface area contributed by atoms with Gasteiger partial charge in [0.15, 0.2) is 0 Å². The van der Waals surface area contributed by atoms with Crippen LogP contribution in [-0.4, -0.2) is 24.8 Å². The van der Waals surface area contributed by atoms with Crippen LogP contribution in [0.5, 0.6) is 0 Å². The second-order valence-corrected chi connectivity index (χ2v) is 7.39. The number of benzene rings is 1. The van der Waals surface area contributed by atoms with E-state index in [9.17, 15) is 8.42 Å². The molecule has 1 aromatic rings. The molecule has 0 radical (unpaired) electrons. The summed E-state index contributed by atoms with van der Waals surface area (Å²) < 4.78 is 27.2. The molecule has 1 fully saturated rings. The van der Waals surface area contributed by atoms with Crippen molar-refractivity contribution in [2.24, 2.45) is 0 Å². The van der Waals surface area contributed by atoms with Crippen LogP contribution in [-0.2, 0) is 10.0 Å². The monoisotopic (exact) mass is 282 g/mol. The third-order valence-corrected chi connectivity index (χ3v) is 5.87. The van der Waals surface area contributed by atoms with E-state index in [4.69, 9.17) is 5.73 Å². The van der Waals surface area contributed by atoms with Crippen LogP contribution in [0.1, 0.15) is 38.7 Å². The molecule has 19 heavy (non-hydrogen) atoms.